The molecule has 27 heavy (non-hydrogen) atoms. The van der Waals surface area contributed by atoms with Crippen molar-refractivity contribution in [1.82, 2.24) is 0 Å². The normalized spacial score (nSPS) is 48.3. The summed E-state index contributed by atoms with van der Waals surface area (Å²) in [4.78, 5) is 0. The Bertz CT molecular complexity index is 544. The molecule has 0 nitrogen and oxygen atoms in total. The van der Waals surface area contributed by atoms with Crippen molar-refractivity contribution >= 4 is 0 Å². The predicted molar refractivity (Wildman–Crippen MR) is 118 cm³/mol. The molecule has 8 atom stereocenters. The molecule has 0 aromatic carbocycles. The van der Waals surface area contributed by atoms with Gasteiger partial charge in [-0.15, -0.1) is 0 Å². The molecule has 154 valence electrons. The summed E-state index contributed by atoms with van der Waals surface area (Å²) in [6, 6.07) is 0. The molecule has 4 aliphatic rings. The fourth-order valence-corrected chi connectivity index (χ4v) is 8.90. The summed E-state index contributed by atoms with van der Waals surface area (Å²) in [7, 11) is 0. The maximum Gasteiger partial charge on any atom is -0.0228 e. The minimum atomic E-state index is 0.626. The zero-order valence-corrected chi connectivity index (χ0v) is 19.0. The molecule has 4 saturated carbocycles. The molecule has 0 bridgehead atoms. The highest BCUT2D eigenvalue weighted by Gasteiger charge is 2.59. The summed E-state index contributed by atoms with van der Waals surface area (Å²) in [6.07, 6.45) is 21.7. The monoisotopic (exact) mass is 370 g/mol. The lowest BCUT2D eigenvalue weighted by molar-refractivity contribution is -0.112. The molecular weight excluding hydrogens is 324 g/mol. The van der Waals surface area contributed by atoms with E-state index in [2.05, 4.69) is 46.8 Å². The summed E-state index contributed by atoms with van der Waals surface area (Å²) < 4.78 is 0. The van der Waals surface area contributed by atoms with Crippen LogP contribution in [0.3, 0.4) is 0 Å². The molecule has 0 amide bonds. The van der Waals surface area contributed by atoms with E-state index in [0.29, 0.717) is 10.8 Å². The summed E-state index contributed by atoms with van der Waals surface area (Å²) in [5.74, 6) is 6.71. The Kier molecular flexibility index (Phi) is 5.59. The first kappa shape index (κ1) is 20.0. The smallest absolute Gasteiger partial charge is 0.0228 e. The van der Waals surface area contributed by atoms with Crippen LogP contribution >= 0.6 is 0 Å². The third-order valence-corrected chi connectivity index (χ3v) is 10.3. The fraction of sp³-hybridized carbons (Fsp3) is 0.926. The van der Waals surface area contributed by atoms with Gasteiger partial charge >= 0.3 is 0 Å². The SMILES string of the molecule is CC(C)C/C=C/[C@@H](C)[C@H]1CC[C@H]2[C@@H]3CC[C@H]4CCCC[C@]4(C)[C@H]3CC[C@]12C. The fourth-order valence-electron chi connectivity index (χ4n) is 8.90. The van der Waals surface area contributed by atoms with Gasteiger partial charge in [0.1, 0.15) is 0 Å². The average molecular weight is 371 g/mol. The van der Waals surface area contributed by atoms with E-state index in [-0.39, 0.29) is 0 Å². The van der Waals surface area contributed by atoms with Crippen molar-refractivity contribution in [2.75, 3.05) is 0 Å². The van der Waals surface area contributed by atoms with Crippen LogP contribution in [0.1, 0.15) is 105 Å². The first-order valence-corrected chi connectivity index (χ1v) is 12.5. The van der Waals surface area contributed by atoms with Crippen LogP contribution in [-0.4, -0.2) is 0 Å². The Labute approximate surface area is 170 Å². The van der Waals surface area contributed by atoms with E-state index in [1.54, 1.807) is 32.1 Å². The van der Waals surface area contributed by atoms with Crippen molar-refractivity contribution < 1.29 is 0 Å². The van der Waals surface area contributed by atoms with Gasteiger partial charge in [0.15, 0.2) is 0 Å². The van der Waals surface area contributed by atoms with E-state index >= 15 is 0 Å². The van der Waals surface area contributed by atoms with Crippen LogP contribution in [-0.2, 0) is 0 Å². The van der Waals surface area contributed by atoms with E-state index in [9.17, 15) is 0 Å². The minimum absolute atomic E-state index is 0.626. The van der Waals surface area contributed by atoms with Gasteiger partial charge in [-0.3, -0.25) is 0 Å². The third kappa shape index (κ3) is 3.36. The van der Waals surface area contributed by atoms with Crippen LogP contribution in [0.5, 0.6) is 0 Å². The Morgan fingerprint density at radius 3 is 2.37 bits per heavy atom. The van der Waals surface area contributed by atoms with Crippen molar-refractivity contribution in [3.63, 3.8) is 0 Å². The van der Waals surface area contributed by atoms with E-state index in [0.717, 1.165) is 41.4 Å². The van der Waals surface area contributed by atoms with Gasteiger partial charge in [-0.25, -0.2) is 0 Å². The molecule has 4 aliphatic carbocycles. The summed E-state index contributed by atoms with van der Waals surface area (Å²) >= 11 is 0. The predicted octanol–water partition coefficient (Wildman–Crippen LogP) is 8.27. The third-order valence-electron chi connectivity index (χ3n) is 10.3. The Morgan fingerprint density at radius 1 is 0.815 bits per heavy atom. The Morgan fingerprint density at radius 2 is 1.59 bits per heavy atom. The summed E-state index contributed by atoms with van der Waals surface area (Å²) in [5, 5.41) is 0. The molecule has 0 aromatic rings. The molecule has 0 heterocycles. The van der Waals surface area contributed by atoms with Gasteiger partial charge in [0, 0.05) is 0 Å². The average Bonchev–Trinajstić information content (AvgIpc) is 2.98. The Hall–Kier alpha value is -0.260. The van der Waals surface area contributed by atoms with E-state index in [1.165, 1.54) is 38.5 Å². The summed E-state index contributed by atoms with van der Waals surface area (Å²) in [5.41, 5.74) is 1.32. The molecule has 0 radical (unpaired) electrons. The van der Waals surface area contributed by atoms with Crippen LogP contribution in [0.4, 0.5) is 0 Å². The number of fused-ring (bicyclic) bond motifs is 5. The molecule has 0 aromatic heterocycles. The number of hydrogen-bond donors (Lipinski definition) is 0. The highest BCUT2D eigenvalue weighted by molar-refractivity contribution is 5.10. The van der Waals surface area contributed by atoms with E-state index in [1.807, 2.05) is 0 Å². The van der Waals surface area contributed by atoms with Gasteiger partial charge in [-0.2, -0.15) is 0 Å². The zero-order valence-electron chi connectivity index (χ0n) is 19.0. The zero-order chi connectivity index (χ0) is 19.2. The highest BCUT2D eigenvalue weighted by Crippen LogP contribution is 2.68. The van der Waals surface area contributed by atoms with E-state index < -0.39 is 0 Å². The van der Waals surface area contributed by atoms with Gasteiger partial charge in [0.2, 0.25) is 0 Å². The lowest BCUT2D eigenvalue weighted by Crippen LogP contribution is -2.53. The second-order valence-electron chi connectivity index (χ2n) is 12.0. The van der Waals surface area contributed by atoms with Gasteiger partial charge < -0.3 is 0 Å². The van der Waals surface area contributed by atoms with E-state index in [4.69, 9.17) is 0 Å². The molecule has 4 rings (SSSR count). The van der Waals surface area contributed by atoms with Gasteiger partial charge in [0.05, 0.1) is 0 Å². The molecule has 0 unspecified atom stereocenters. The standard InChI is InChI=1S/C27H46/c1-19(2)9-8-10-20(3)23-14-15-24-22-13-12-21-11-6-7-17-26(21,4)25(22)16-18-27(23,24)5/h8,10,19-25H,6-7,9,11-18H2,1-5H3/b10-8+/t20-,21-,22+,23-,24+,25+,26+,27-/m1/s1. The highest BCUT2D eigenvalue weighted by atomic mass is 14.6. The van der Waals surface area contributed by atoms with Crippen molar-refractivity contribution in [3.8, 4) is 0 Å². The second-order valence-corrected chi connectivity index (χ2v) is 12.0. The quantitative estimate of drug-likeness (QED) is 0.437. The van der Waals surface area contributed by atoms with Crippen LogP contribution in [0.15, 0.2) is 12.2 Å². The van der Waals surface area contributed by atoms with Crippen LogP contribution in [0, 0.1) is 52.3 Å². The topological polar surface area (TPSA) is 0 Å². The van der Waals surface area contributed by atoms with Crippen LogP contribution in [0.25, 0.3) is 0 Å². The van der Waals surface area contributed by atoms with Gasteiger partial charge in [-0.1, -0.05) is 59.6 Å². The van der Waals surface area contributed by atoms with Crippen molar-refractivity contribution in [3.05, 3.63) is 12.2 Å². The second kappa shape index (κ2) is 7.53. The Balaban J connectivity index is 1.50. The molecule has 0 heteroatoms. The van der Waals surface area contributed by atoms with Gasteiger partial charge in [0.25, 0.3) is 0 Å². The number of hydrogen-bond acceptors (Lipinski definition) is 0. The van der Waals surface area contributed by atoms with Gasteiger partial charge in [-0.05, 0) is 110 Å². The molecular formula is C27H46. The van der Waals surface area contributed by atoms with Crippen molar-refractivity contribution in [2.45, 2.75) is 105 Å². The minimum Gasteiger partial charge on any atom is -0.0880 e. The van der Waals surface area contributed by atoms with Crippen molar-refractivity contribution in [2.24, 2.45) is 52.3 Å². The lowest BCUT2D eigenvalue weighted by atomic mass is 9.44. The maximum absolute atomic E-state index is 2.72. The van der Waals surface area contributed by atoms with Crippen molar-refractivity contribution in [1.29, 1.82) is 0 Å². The summed E-state index contributed by atoms with van der Waals surface area (Å²) in [6.45, 7) is 12.6. The van der Waals surface area contributed by atoms with Crippen LogP contribution < -0.4 is 0 Å². The van der Waals surface area contributed by atoms with Crippen LogP contribution in [0.2, 0.25) is 0 Å². The maximum atomic E-state index is 2.72. The lowest BCUT2D eigenvalue weighted by Gasteiger charge is -2.60. The number of rotatable bonds is 4. The molecule has 0 spiro atoms. The first-order chi connectivity index (χ1) is 12.9. The molecule has 0 N–H and O–H groups in total. The first-order valence-electron chi connectivity index (χ1n) is 12.5. The molecule has 0 saturated heterocycles. The molecule has 0 aliphatic heterocycles. The number of allylic oxidation sites excluding steroid dienone is 2. The largest absolute Gasteiger partial charge is 0.0880 e. The molecule has 4 fully saturated rings.